The Morgan fingerprint density at radius 3 is 2.11 bits per heavy atom. The molecule has 0 bridgehead atoms. The van der Waals surface area contributed by atoms with E-state index in [9.17, 15) is 10.2 Å². The number of ether oxygens (including phenoxy) is 1. The van der Waals surface area contributed by atoms with Crippen molar-refractivity contribution in [3.05, 3.63) is 84.6 Å². The monoisotopic (exact) mass is 625 g/mol. The number of aryl methyl sites for hydroxylation is 1. The van der Waals surface area contributed by atoms with Crippen LogP contribution in [0.5, 0.6) is 11.5 Å². The third-order valence-electron chi connectivity index (χ3n) is 8.12. The Balaban J connectivity index is 1.12. The number of phenols is 1. The van der Waals surface area contributed by atoms with E-state index in [1.165, 1.54) is 89.0 Å². The number of unbranched alkanes of at least 4 members (excludes halogenated alkanes) is 12. The van der Waals surface area contributed by atoms with Gasteiger partial charge in [0.2, 0.25) is 0 Å². The lowest BCUT2D eigenvalue weighted by molar-refractivity contribution is 0.0888. The molecular formula is C38H51N5O3. The number of hydrogen-bond donors (Lipinski definition) is 2. The smallest absolute Gasteiger partial charge is 0.119 e. The fraction of sp³-hybridized carbons (Fsp3) is 0.474. The van der Waals surface area contributed by atoms with E-state index in [1.807, 2.05) is 36.4 Å². The second-order valence-corrected chi connectivity index (χ2v) is 12.2. The number of nitrogens with zero attached hydrogens (tertiary/aromatic N) is 5. The van der Waals surface area contributed by atoms with Crippen LogP contribution in [0.15, 0.2) is 89.2 Å². The summed E-state index contributed by atoms with van der Waals surface area (Å²) in [6, 6.07) is 22.3. The highest BCUT2D eigenvalue weighted by Crippen LogP contribution is 2.25. The molecular weight excluding hydrogens is 574 g/mol. The standard InChI is InChI=1S/C38H51N5O3/c1-2-3-4-5-6-7-8-9-10-11-12-13-14-17-31-18-15-21-37(26-31)46-30-36(45)28-43-29-38(41-42-43)32-19-16-20-34(27-32)40-39-33-22-24-35(44)25-23-33/h15-16,18-27,29,36,44-45H,2-14,17,28,30H2,1H3. The zero-order chi connectivity index (χ0) is 32.2. The van der Waals surface area contributed by atoms with Gasteiger partial charge in [0.1, 0.15) is 29.9 Å². The van der Waals surface area contributed by atoms with E-state index in [1.54, 1.807) is 35.1 Å². The molecule has 2 N–H and O–H groups in total. The van der Waals surface area contributed by atoms with Gasteiger partial charge in [-0.3, -0.25) is 0 Å². The molecule has 46 heavy (non-hydrogen) atoms. The van der Waals surface area contributed by atoms with Gasteiger partial charge in [-0.1, -0.05) is 113 Å². The Kier molecular flexibility index (Phi) is 15.3. The lowest BCUT2D eigenvalue weighted by atomic mass is 10.0. The zero-order valence-corrected chi connectivity index (χ0v) is 27.4. The van der Waals surface area contributed by atoms with Gasteiger partial charge in [-0.05, 0) is 66.9 Å². The zero-order valence-electron chi connectivity index (χ0n) is 27.4. The molecule has 3 aromatic carbocycles. The molecule has 8 nitrogen and oxygen atoms in total. The molecule has 0 fully saturated rings. The lowest BCUT2D eigenvalue weighted by Crippen LogP contribution is -2.24. The molecule has 0 saturated heterocycles. The molecule has 0 aliphatic heterocycles. The van der Waals surface area contributed by atoms with Gasteiger partial charge in [0.25, 0.3) is 0 Å². The molecule has 0 amide bonds. The third kappa shape index (κ3) is 13.1. The number of benzene rings is 3. The van der Waals surface area contributed by atoms with Gasteiger partial charge in [-0.2, -0.15) is 10.2 Å². The summed E-state index contributed by atoms with van der Waals surface area (Å²) < 4.78 is 7.55. The first kappa shape index (κ1) is 34.8. The van der Waals surface area contributed by atoms with Gasteiger partial charge in [0, 0.05) is 5.56 Å². The maximum atomic E-state index is 10.6. The van der Waals surface area contributed by atoms with Crippen LogP contribution in [-0.2, 0) is 13.0 Å². The quantitative estimate of drug-likeness (QED) is 0.0668. The highest BCUT2D eigenvalue weighted by molar-refractivity contribution is 5.62. The number of aliphatic hydroxyl groups excluding tert-OH is 1. The van der Waals surface area contributed by atoms with Crippen LogP contribution in [0.1, 0.15) is 96.0 Å². The first-order valence-electron chi connectivity index (χ1n) is 17.2. The normalized spacial score (nSPS) is 12.1. The van der Waals surface area contributed by atoms with Crippen molar-refractivity contribution in [3.63, 3.8) is 0 Å². The number of phenolic OH excluding ortho intramolecular Hbond substituents is 1. The van der Waals surface area contributed by atoms with Crippen molar-refractivity contribution >= 4 is 11.4 Å². The molecule has 0 aliphatic carbocycles. The maximum absolute atomic E-state index is 10.6. The highest BCUT2D eigenvalue weighted by atomic mass is 16.5. The molecule has 1 unspecified atom stereocenters. The first-order chi connectivity index (χ1) is 22.6. The van der Waals surface area contributed by atoms with Gasteiger partial charge >= 0.3 is 0 Å². The number of aromatic hydroxyl groups is 1. The number of azo groups is 1. The minimum absolute atomic E-state index is 0.171. The molecule has 0 radical (unpaired) electrons. The highest BCUT2D eigenvalue weighted by Gasteiger charge is 2.11. The summed E-state index contributed by atoms with van der Waals surface area (Å²) in [5.74, 6) is 0.967. The molecule has 8 heteroatoms. The predicted octanol–water partition coefficient (Wildman–Crippen LogP) is 10.1. The minimum atomic E-state index is -0.732. The van der Waals surface area contributed by atoms with Gasteiger partial charge in [0.15, 0.2) is 0 Å². The Hall–Kier alpha value is -4.04. The second kappa shape index (κ2) is 20.2. The Morgan fingerprint density at radius 2 is 1.39 bits per heavy atom. The lowest BCUT2D eigenvalue weighted by Gasteiger charge is -2.13. The summed E-state index contributed by atoms with van der Waals surface area (Å²) in [5, 5.41) is 37.0. The fourth-order valence-electron chi connectivity index (χ4n) is 5.48. The average Bonchev–Trinajstić information content (AvgIpc) is 3.54. The predicted molar refractivity (Wildman–Crippen MR) is 185 cm³/mol. The molecule has 1 atom stereocenters. The van der Waals surface area contributed by atoms with Crippen LogP contribution in [-0.4, -0.2) is 37.9 Å². The Bertz CT molecular complexity index is 1440. The van der Waals surface area contributed by atoms with E-state index in [0.717, 1.165) is 17.7 Å². The molecule has 4 rings (SSSR count). The van der Waals surface area contributed by atoms with Crippen LogP contribution in [0.2, 0.25) is 0 Å². The van der Waals surface area contributed by atoms with Crippen molar-refractivity contribution in [1.82, 2.24) is 15.0 Å². The molecule has 0 aliphatic rings. The summed E-state index contributed by atoms with van der Waals surface area (Å²) in [5.41, 5.74) is 4.12. The van der Waals surface area contributed by atoms with E-state index in [-0.39, 0.29) is 18.9 Å². The second-order valence-electron chi connectivity index (χ2n) is 12.2. The van der Waals surface area contributed by atoms with Gasteiger partial charge in [-0.15, -0.1) is 5.10 Å². The van der Waals surface area contributed by atoms with Gasteiger partial charge < -0.3 is 14.9 Å². The van der Waals surface area contributed by atoms with Crippen molar-refractivity contribution < 1.29 is 14.9 Å². The number of aliphatic hydroxyl groups is 1. The largest absolute Gasteiger partial charge is 0.508 e. The maximum Gasteiger partial charge on any atom is 0.119 e. The minimum Gasteiger partial charge on any atom is -0.508 e. The van der Waals surface area contributed by atoms with Crippen LogP contribution < -0.4 is 4.74 Å². The average molecular weight is 626 g/mol. The summed E-state index contributed by atoms with van der Waals surface area (Å²) in [7, 11) is 0. The van der Waals surface area contributed by atoms with Gasteiger partial charge in [0.05, 0.1) is 24.1 Å². The van der Waals surface area contributed by atoms with Crippen molar-refractivity contribution in [2.24, 2.45) is 10.2 Å². The van der Waals surface area contributed by atoms with E-state index in [4.69, 9.17) is 4.74 Å². The van der Waals surface area contributed by atoms with Crippen LogP contribution in [0.4, 0.5) is 11.4 Å². The van der Waals surface area contributed by atoms with Crippen LogP contribution in [0.3, 0.4) is 0 Å². The Labute approximate surface area is 274 Å². The van der Waals surface area contributed by atoms with E-state index >= 15 is 0 Å². The van der Waals surface area contributed by atoms with Gasteiger partial charge in [-0.25, -0.2) is 4.68 Å². The third-order valence-corrected chi connectivity index (χ3v) is 8.12. The summed E-state index contributed by atoms with van der Waals surface area (Å²) in [6.45, 7) is 2.72. The first-order valence-corrected chi connectivity index (χ1v) is 17.2. The number of aromatic nitrogens is 3. The summed E-state index contributed by atoms with van der Waals surface area (Å²) >= 11 is 0. The van der Waals surface area contributed by atoms with Crippen molar-refractivity contribution in [3.8, 4) is 22.8 Å². The molecule has 4 aromatic rings. The topological polar surface area (TPSA) is 105 Å². The summed E-state index contributed by atoms with van der Waals surface area (Å²) in [4.78, 5) is 0. The van der Waals surface area contributed by atoms with Crippen molar-refractivity contribution in [2.45, 2.75) is 109 Å². The molecule has 0 saturated carbocycles. The molecule has 246 valence electrons. The van der Waals surface area contributed by atoms with E-state index < -0.39 is 6.10 Å². The van der Waals surface area contributed by atoms with E-state index in [0.29, 0.717) is 17.1 Å². The number of hydrogen-bond acceptors (Lipinski definition) is 7. The number of rotatable bonds is 22. The van der Waals surface area contributed by atoms with Crippen molar-refractivity contribution in [2.75, 3.05) is 6.61 Å². The summed E-state index contributed by atoms with van der Waals surface area (Å²) in [6.07, 6.45) is 19.8. The van der Waals surface area contributed by atoms with Crippen LogP contribution in [0, 0.1) is 0 Å². The fourth-order valence-corrected chi connectivity index (χ4v) is 5.48. The van der Waals surface area contributed by atoms with Crippen molar-refractivity contribution in [1.29, 1.82) is 0 Å². The SMILES string of the molecule is CCCCCCCCCCCCCCCc1cccc(OCC(O)Cn2cc(-c3cccc(N=Nc4ccc(O)cc4)c3)nn2)c1. The Morgan fingerprint density at radius 1 is 0.739 bits per heavy atom. The molecule has 1 aromatic heterocycles. The van der Waals surface area contributed by atoms with Crippen LogP contribution in [0.25, 0.3) is 11.3 Å². The van der Waals surface area contributed by atoms with Crippen LogP contribution >= 0.6 is 0 Å². The van der Waals surface area contributed by atoms with E-state index in [2.05, 4.69) is 39.6 Å². The molecule has 1 heterocycles. The molecule has 0 spiro atoms.